The van der Waals surface area contributed by atoms with E-state index in [0.29, 0.717) is 17.4 Å². The summed E-state index contributed by atoms with van der Waals surface area (Å²) in [5.74, 6) is -3.36. The molecule has 2 heterocycles. The molecule has 1 aliphatic heterocycles. The third-order valence-electron chi connectivity index (χ3n) is 5.78. The van der Waals surface area contributed by atoms with Crippen molar-refractivity contribution in [3.63, 3.8) is 0 Å². The van der Waals surface area contributed by atoms with E-state index >= 15 is 8.78 Å². The summed E-state index contributed by atoms with van der Waals surface area (Å²) in [5, 5.41) is 9.43. The van der Waals surface area contributed by atoms with E-state index in [1.54, 1.807) is 11.0 Å². The lowest BCUT2D eigenvalue weighted by Crippen LogP contribution is -2.48. The molecule has 0 aliphatic carbocycles. The van der Waals surface area contributed by atoms with Gasteiger partial charge in [-0.1, -0.05) is 0 Å². The molecule has 0 fully saturated rings. The van der Waals surface area contributed by atoms with Crippen LogP contribution in [0.4, 0.5) is 17.6 Å². The summed E-state index contributed by atoms with van der Waals surface area (Å²) >= 11 is 0. The quantitative estimate of drug-likeness (QED) is 0.372. The molecular weight excluding hydrogens is 438 g/mol. The first kappa shape index (κ1) is 23.0. The maximum absolute atomic E-state index is 15.3. The summed E-state index contributed by atoms with van der Waals surface area (Å²) in [6.45, 7) is 4.48. The predicted molar refractivity (Wildman–Crippen MR) is 116 cm³/mol. The summed E-state index contributed by atoms with van der Waals surface area (Å²) in [5.41, 5.74) is -1.02. The molecule has 1 aromatic heterocycles. The molecule has 0 amide bonds. The van der Waals surface area contributed by atoms with Crippen LogP contribution in [-0.2, 0) is 11.2 Å². The summed E-state index contributed by atoms with van der Waals surface area (Å²) in [4.78, 5) is 12.4. The van der Waals surface area contributed by atoms with Crippen LogP contribution in [0.2, 0.25) is 0 Å². The van der Waals surface area contributed by atoms with Crippen molar-refractivity contribution in [1.29, 1.82) is 0 Å². The van der Waals surface area contributed by atoms with Crippen LogP contribution in [0.5, 0.6) is 0 Å². The summed E-state index contributed by atoms with van der Waals surface area (Å²) < 4.78 is 65.1. The van der Waals surface area contributed by atoms with E-state index in [-0.39, 0.29) is 35.1 Å². The lowest BCUT2D eigenvalue weighted by atomic mass is 9.87. The molecule has 4 rings (SSSR count). The van der Waals surface area contributed by atoms with Gasteiger partial charge in [0.05, 0.1) is 0 Å². The van der Waals surface area contributed by atoms with Crippen LogP contribution in [-0.4, -0.2) is 34.2 Å². The molecule has 33 heavy (non-hydrogen) atoms. The fourth-order valence-corrected chi connectivity index (χ4v) is 4.50. The molecule has 3 aromatic rings. The van der Waals surface area contributed by atoms with Gasteiger partial charge in [-0.3, -0.25) is 4.90 Å². The first-order valence-electron chi connectivity index (χ1n) is 10.5. The van der Waals surface area contributed by atoms with Crippen LogP contribution in [0.15, 0.2) is 40.8 Å². The Morgan fingerprint density at radius 1 is 1.21 bits per heavy atom. The highest BCUT2D eigenvalue weighted by atomic mass is 19.1. The Morgan fingerprint density at radius 2 is 1.88 bits per heavy atom. The second kappa shape index (κ2) is 8.33. The Labute approximate surface area is 188 Å². The van der Waals surface area contributed by atoms with Crippen molar-refractivity contribution in [3.05, 3.63) is 76.3 Å². The van der Waals surface area contributed by atoms with Gasteiger partial charge in [-0.05, 0) is 63.1 Å². The normalized spacial score (nSPS) is 19.4. The molecule has 1 aliphatic rings. The molecule has 0 saturated heterocycles. The number of rotatable bonds is 5. The average Bonchev–Trinajstić information content (AvgIpc) is 3.04. The fraction of sp³-hybridized carbons (Fsp3) is 0.320. The number of halogens is 4. The van der Waals surface area contributed by atoms with Gasteiger partial charge in [0.2, 0.25) is 0 Å². The third kappa shape index (κ3) is 4.53. The first-order valence-corrected chi connectivity index (χ1v) is 10.5. The van der Waals surface area contributed by atoms with E-state index in [1.807, 2.05) is 6.92 Å². The molecule has 0 saturated carbocycles. The number of fused-ring (bicyclic) bond motifs is 3. The van der Waals surface area contributed by atoms with Gasteiger partial charge in [-0.15, -0.1) is 0 Å². The first-order chi connectivity index (χ1) is 15.4. The number of aliphatic carboxylic acids is 1. The van der Waals surface area contributed by atoms with Crippen molar-refractivity contribution >= 4 is 23.0 Å². The van der Waals surface area contributed by atoms with Crippen molar-refractivity contribution in [2.75, 3.05) is 6.54 Å². The van der Waals surface area contributed by atoms with Gasteiger partial charge >= 0.3 is 5.97 Å². The number of hydrogen-bond acceptors (Lipinski definition) is 3. The van der Waals surface area contributed by atoms with Crippen LogP contribution in [0.25, 0.3) is 17.0 Å². The van der Waals surface area contributed by atoms with Crippen molar-refractivity contribution in [1.82, 2.24) is 4.90 Å². The number of carboxylic acid groups (broad SMARTS) is 1. The Hall–Kier alpha value is -3.13. The minimum Gasteiger partial charge on any atom is -0.478 e. The van der Waals surface area contributed by atoms with Crippen LogP contribution in [0.3, 0.4) is 0 Å². The highest BCUT2D eigenvalue weighted by Gasteiger charge is 2.42. The number of carboxylic acids is 1. The van der Waals surface area contributed by atoms with E-state index in [2.05, 4.69) is 0 Å². The molecule has 4 nitrogen and oxygen atoms in total. The van der Waals surface area contributed by atoms with Gasteiger partial charge in [-0.2, -0.15) is 0 Å². The summed E-state index contributed by atoms with van der Waals surface area (Å²) in [6, 6.07) is 4.74. The monoisotopic (exact) mass is 461 g/mol. The van der Waals surface area contributed by atoms with Crippen molar-refractivity contribution in [3.8, 4) is 0 Å². The topological polar surface area (TPSA) is 53.7 Å². The van der Waals surface area contributed by atoms with E-state index in [4.69, 9.17) is 9.52 Å². The molecule has 2 aromatic carbocycles. The Morgan fingerprint density at radius 3 is 2.48 bits per heavy atom. The maximum atomic E-state index is 15.3. The van der Waals surface area contributed by atoms with Crippen molar-refractivity contribution in [2.24, 2.45) is 0 Å². The van der Waals surface area contributed by atoms with E-state index in [1.165, 1.54) is 26.0 Å². The Kier molecular flexibility index (Phi) is 5.82. The number of hydrogen-bond donors (Lipinski definition) is 1. The molecule has 8 heteroatoms. The molecule has 0 spiro atoms. The van der Waals surface area contributed by atoms with Gasteiger partial charge in [0.15, 0.2) is 0 Å². The van der Waals surface area contributed by atoms with Crippen LogP contribution >= 0.6 is 0 Å². The Bertz CT molecular complexity index is 1240. The zero-order valence-corrected chi connectivity index (χ0v) is 18.3. The van der Waals surface area contributed by atoms with Crippen LogP contribution < -0.4 is 0 Å². The van der Waals surface area contributed by atoms with Gasteiger partial charge < -0.3 is 9.52 Å². The van der Waals surface area contributed by atoms with Gasteiger partial charge in [0, 0.05) is 41.2 Å². The van der Waals surface area contributed by atoms with Crippen molar-refractivity contribution in [2.45, 2.75) is 44.9 Å². The highest BCUT2D eigenvalue weighted by Crippen LogP contribution is 2.45. The molecule has 0 bridgehead atoms. The molecule has 0 unspecified atom stereocenters. The summed E-state index contributed by atoms with van der Waals surface area (Å²) in [7, 11) is 0. The number of alkyl halides is 1. The minimum absolute atomic E-state index is 0.0317. The van der Waals surface area contributed by atoms with Crippen molar-refractivity contribution < 1.29 is 31.9 Å². The zero-order chi connectivity index (χ0) is 24.1. The molecule has 174 valence electrons. The number of nitrogens with zero attached hydrogens (tertiary/aromatic N) is 1. The van der Waals surface area contributed by atoms with E-state index in [9.17, 15) is 13.6 Å². The standard InChI is InChI=1S/C25H23F4NO3/c1-13-8-17-16-6-5-15(26)11-20(16)33-24(17)23(30(13)12-25(2,3)29)22-18(27)9-14(10-19(22)28)4-7-21(31)32/h4-7,9-11,13,23H,8,12H2,1-3H3,(H,31,32)/b7-4+/t13-,23-/m0/s1. The fourth-order valence-electron chi connectivity index (χ4n) is 4.50. The second-order valence-corrected chi connectivity index (χ2v) is 9.00. The van der Waals surface area contributed by atoms with Gasteiger partial charge in [0.1, 0.15) is 40.5 Å². The van der Waals surface area contributed by atoms with Crippen LogP contribution in [0, 0.1) is 17.5 Å². The molecular formula is C25H23F4NO3. The largest absolute Gasteiger partial charge is 0.478 e. The van der Waals surface area contributed by atoms with Gasteiger partial charge in [0.25, 0.3) is 0 Å². The van der Waals surface area contributed by atoms with E-state index < -0.39 is 35.1 Å². The SMILES string of the molecule is C[C@H]1Cc2c(oc3cc(F)ccc23)[C@H](c2c(F)cc(/C=C/C(=O)O)cc2F)N1CC(C)(C)F. The number of furan rings is 1. The average molecular weight is 461 g/mol. The smallest absolute Gasteiger partial charge is 0.328 e. The molecule has 0 radical (unpaired) electrons. The summed E-state index contributed by atoms with van der Waals surface area (Å²) in [6.07, 6.45) is 2.29. The maximum Gasteiger partial charge on any atom is 0.328 e. The predicted octanol–water partition coefficient (Wildman–Crippen LogP) is 6.03. The van der Waals surface area contributed by atoms with Gasteiger partial charge in [-0.25, -0.2) is 22.4 Å². The lowest BCUT2D eigenvalue weighted by molar-refractivity contribution is -0.131. The van der Waals surface area contributed by atoms with E-state index in [0.717, 1.165) is 24.3 Å². The molecule has 1 N–H and O–H groups in total. The lowest BCUT2D eigenvalue weighted by Gasteiger charge is -2.42. The zero-order valence-electron chi connectivity index (χ0n) is 18.3. The highest BCUT2D eigenvalue weighted by molar-refractivity contribution is 5.85. The molecule has 2 atom stereocenters. The second-order valence-electron chi connectivity index (χ2n) is 9.00. The Balaban J connectivity index is 1.93. The third-order valence-corrected chi connectivity index (χ3v) is 5.78. The van der Waals surface area contributed by atoms with Crippen LogP contribution in [0.1, 0.15) is 49.3 Å². The number of benzene rings is 2. The number of carbonyl (C=O) groups is 1. The minimum atomic E-state index is -1.67.